The van der Waals surface area contributed by atoms with Gasteiger partial charge in [0.1, 0.15) is 0 Å². The Bertz CT molecular complexity index is 550. The summed E-state index contributed by atoms with van der Waals surface area (Å²) in [7, 11) is 0. The number of urea groups is 1. The summed E-state index contributed by atoms with van der Waals surface area (Å²) in [6.45, 7) is 0. The number of amides is 2. The number of anilines is 2. The lowest BCUT2D eigenvalue weighted by molar-refractivity contribution is -0.384. The number of nitro benzene ring substituents is 1. The molecule has 2 rings (SSSR count). The van der Waals surface area contributed by atoms with Crippen molar-refractivity contribution >= 4 is 23.3 Å². The van der Waals surface area contributed by atoms with Crippen molar-refractivity contribution in [2.75, 3.05) is 10.6 Å². The van der Waals surface area contributed by atoms with Gasteiger partial charge in [0.2, 0.25) is 5.88 Å². The van der Waals surface area contributed by atoms with E-state index in [0.717, 1.165) is 0 Å². The molecule has 8 heteroatoms. The van der Waals surface area contributed by atoms with Gasteiger partial charge < -0.3 is 9.84 Å². The molecule has 0 spiro atoms. The van der Waals surface area contributed by atoms with E-state index in [0.29, 0.717) is 5.69 Å². The van der Waals surface area contributed by atoms with Crippen LogP contribution in [-0.2, 0) is 0 Å². The van der Waals surface area contributed by atoms with E-state index in [4.69, 9.17) is 0 Å². The number of benzene rings is 1. The molecule has 0 saturated carbocycles. The molecule has 2 N–H and O–H groups in total. The molecule has 1 aromatic carbocycles. The van der Waals surface area contributed by atoms with E-state index in [-0.39, 0.29) is 11.6 Å². The molecule has 0 aliphatic carbocycles. The minimum absolute atomic E-state index is 0.0452. The van der Waals surface area contributed by atoms with Gasteiger partial charge in [0, 0.05) is 23.9 Å². The molecular formula is C10H8N4O4. The zero-order valence-corrected chi connectivity index (χ0v) is 8.99. The van der Waals surface area contributed by atoms with E-state index in [1.54, 1.807) is 0 Å². The standard InChI is InChI=1S/C10H8N4O4/c15-10(13-9-5-6-11-18-9)12-7-1-3-8(4-2-7)14(16)17/h1-6H,(H2,12,13,15). The molecule has 0 aliphatic rings. The molecule has 0 fully saturated rings. The van der Waals surface area contributed by atoms with Crippen LogP contribution in [0.5, 0.6) is 0 Å². The van der Waals surface area contributed by atoms with Gasteiger partial charge in [-0.2, -0.15) is 0 Å². The van der Waals surface area contributed by atoms with Gasteiger partial charge in [-0.05, 0) is 12.1 Å². The van der Waals surface area contributed by atoms with Crippen molar-refractivity contribution in [2.24, 2.45) is 0 Å². The molecule has 92 valence electrons. The van der Waals surface area contributed by atoms with Crippen molar-refractivity contribution in [1.29, 1.82) is 0 Å². The zero-order valence-electron chi connectivity index (χ0n) is 8.99. The van der Waals surface area contributed by atoms with Gasteiger partial charge >= 0.3 is 6.03 Å². The average Bonchev–Trinajstić information content (AvgIpc) is 2.82. The Hall–Kier alpha value is -2.90. The number of nitrogens with zero attached hydrogens (tertiary/aromatic N) is 2. The van der Waals surface area contributed by atoms with E-state index >= 15 is 0 Å². The fourth-order valence-electron chi connectivity index (χ4n) is 1.22. The number of aromatic nitrogens is 1. The summed E-state index contributed by atoms with van der Waals surface area (Å²) in [6.07, 6.45) is 1.39. The minimum atomic E-state index is -0.527. The molecule has 0 atom stereocenters. The Kier molecular flexibility index (Phi) is 3.19. The lowest BCUT2D eigenvalue weighted by Crippen LogP contribution is -2.18. The first-order valence-electron chi connectivity index (χ1n) is 4.88. The summed E-state index contributed by atoms with van der Waals surface area (Å²) >= 11 is 0. The van der Waals surface area contributed by atoms with Crippen molar-refractivity contribution in [3.63, 3.8) is 0 Å². The summed E-state index contributed by atoms with van der Waals surface area (Å²) < 4.78 is 4.68. The Balaban J connectivity index is 1.97. The number of non-ortho nitro benzene ring substituents is 1. The number of carbonyl (C=O) groups excluding carboxylic acids is 1. The predicted octanol–water partition coefficient (Wildman–Crippen LogP) is 2.23. The minimum Gasteiger partial charge on any atom is -0.338 e. The highest BCUT2D eigenvalue weighted by molar-refractivity contribution is 5.98. The van der Waals surface area contributed by atoms with Crippen molar-refractivity contribution in [2.45, 2.75) is 0 Å². The molecule has 0 bridgehead atoms. The maximum Gasteiger partial charge on any atom is 0.326 e. The quantitative estimate of drug-likeness (QED) is 0.639. The van der Waals surface area contributed by atoms with Crippen molar-refractivity contribution in [3.05, 3.63) is 46.6 Å². The number of hydrogen-bond donors (Lipinski definition) is 2. The van der Waals surface area contributed by atoms with E-state index in [9.17, 15) is 14.9 Å². The number of hydrogen-bond acceptors (Lipinski definition) is 5. The van der Waals surface area contributed by atoms with Gasteiger partial charge in [-0.3, -0.25) is 15.4 Å². The van der Waals surface area contributed by atoms with Crippen LogP contribution in [0.25, 0.3) is 0 Å². The average molecular weight is 248 g/mol. The highest BCUT2D eigenvalue weighted by Gasteiger charge is 2.07. The summed E-state index contributed by atoms with van der Waals surface area (Å²) in [5.74, 6) is 0.203. The van der Waals surface area contributed by atoms with Crippen LogP contribution in [0.4, 0.5) is 22.1 Å². The third kappa shape index (κ3) is 2.82. The summed E-state index contributed by atoms with van der Waals surface area (Å²) in [6, 6.07) is 6.40. The largest absolute Gasteiger partial charge is 0.338 e. The molecule has 18 heavy (non-hydrogen) atoms. The second-order valence-corrected chi connectivity index (χ2v) is 3.26. The molecule has 2 aromatic rings. The number of nitrogens with one attached hydrogen (secondary N) is 2. The lowest BCUT2D eigenvalue weighted by Gasteiger charge is -2.04. The van der Waals surface area contributed by atoms with Crippen LogP contribution in [0, 0.1) is 10.1 Å². The predicted molar refractivity (Wildman–Crippen MR) is 62.2 cm³/mol. The number of nitro groups is 1. The smallest absolute Gasteiger partial charge is 0.326 e. The Labute approximate surface area is 101 Å². The van der Waals surface area contributed by atoms with Gasteiger partial charge in [0.25, 0.3) is 5.69 Å². The van der Waals surface area contributed by atoms with Crippen molar-refractivity contribution < 1.29 is 14.2 Å². The normalized spacial score (nSPS) is 9.78. The molecule has 8 nitrogen and oxygen atoms in total. The van der Waals surface area contributed by atoms with E-state index in [1.807, 2.05) is 0 Å². The summed E-state index contributed by atoms with van der Waals surface area (Å²) in [5, 5.41) is 18.7. The Morgan fingerprint density at radius 3 is 2.50 bits per heavy atom. The van der Waals surface area contributed by atoms with Crippen LogP contribution in [0.2, 0.25) is 0 Å². The topological polar surface area (TPSA) is 110 Å². The van der Waals surface area contributed by atoms with Gasteiger partial charge in [0.05, 0.1) is 11.1 Å². The lowest BCUT2D eigenvalue weighted by atomic mass is 10.3. The van der Waals surface area contributed by atoms with E-state index in [1.165, 1.54) is 36.5 Å². The molecule has 0 aliphatic heterocycles. The molecule has 0 unspecified atom stereocenters. The molecule has 0 radical (unpaired) electrons. The highest BCUT2D eigenvalue weighted by atomic mass is 16.6. The van der Waals surface area contributed by atoms with Crippen molar-refractivity contribution in [3.8, 4) is 0 Å². The van der Waals surface area contributed by atoms with E-state index in [2.05, 4.69) is 20.3 Å². The van der Waals surface area contributed by atoms with Gasteiger partial charge in [0.15, 0.2) is 0 Å². The molecule has 0 saturated heterocycles. The second-order valence-electron chi connectivity index (χ2n) is 3.26. The first kappa shape index (κ1) is 11.6. The fourth-order valence-corrected chi connectivity index (χ4v) is 1.22. The van der Waals surface area contributed by atoms with Crippen LogP contribution < -0.4 is 10.6 Å². The maximum atomic E-state index is 11.5. The SMILES string of the molecule is O=C(Nc1ccc([N+](=O)[O-])cc1)Nc1ccno1. The van der Waals surface area contributed by atoms with Gasteiger partial charge in [-0.1, -0.05) is 5.16 Å². The van der Waals surface area contributed by atoms with Crippen LogP contribution >= 0.6 is 0 Å². The monoisotopic (exact) mass is 248 g/mol. The third-order valence-electron chi connectivity index (χ3n) is 2.01. The molecule has 1 aromatic heterocycles. The first-order valence-corrected chi connectivity index (χ1v) is 4.88. The summed E-state index contributed by atoms with van der Waals surface area (Å²) in [5.41, 5.74) is 0.383. The highest BCUT2D eigenvalue weighted by Crippen LogP contribution is 2.15. The maximum absolute atomic E-state index is 11.5. The van der Waals surface area contributed by atoms with Gasteiger partial charge in [-0.25, -0.2) is 4.79 Å². The number of carbonyl (C=O) groups is 1. The Morgan fingerprint density at radius 1 is 1.22 bits per heavy atom. The van der Waals surface area contributed by atoms with Crippen molar-refractivity contribution in [1.82, 2.24) is 5.16 Å². The fraction of sp³-hybridized carbons (Fsp3) is 0. The molecule has 1 heterocycles. The Morgan fingerprint density at radius 2 is 1.94 bits per heavy atom. The zero-order chi connectivity index (χ0) is 13.0. The first-order chi connectivity index (χ1) is 8.65. The molecular weight excluding hydrogens is 240 g/mol. The van der Waals surface area contributed by atoms with Crippen LogP contribution in [0.3, 0.4) is 0 Å². The third-order valence-corrected chi connectivity index (χ3v) is 2.01. The number of rotatable bonds is 3. The van der Waals surface area contributed by atoms with Crippen LogP contribution in [0.1, 0.15) is 0 Å². The van der Waals surface area contributed by atoms with E-state index < -0.39 is 11.0 Å². The van der Waals surface area contributed by atoms with Gasteiger partial charge in [-0.15, -0.1) is 0 Å². The second kappa shape index (κ2) is 4.95. The van der Waals surface area contributed by atoms with Crippen LogP contribution in [-0.4, -0.2) is 16.1 Å². The summed E-state index contributed by atoms with van der Waals surface area (Å²) in [4.78, 5) is 21.4. The molecule has 2 amide bonds. The van der Waals surface area contributed by atoms with Crippen LogP contribution in [0.15, 0.2) is 41.1 Å².